The van der Waals surface area contributed by atoms with Crippen LogP contribution in [-0.4, -0.2) is 332 Å². The number of allylic oxidation sites excluding steroid dienone is 5. The van der Waals surface area contributed by atoms with E-state index in [1.165, 1.54) is 23.9 Å². The van der Waals surface area contributed by atoms with Gasteiger partial charge in [-0.25, -0.2) is 39.4 Å². The predicted molar refractivity (Wildman–Crippen MR) is 544 cm³/mol. The van der Waals surface area contributed by atoms with Crippen molar-refractivity contribution in [3.63, 3.8) is 0 Å². The molecule has 788 valence electrons. The minimum absolute atomic E-state index is 0.0260. The highest BCUT2D eigenvalue weighted by atomic mass is 16.6. The van der Waals surface area contributed by atoms with Crippen LogP contribution in [-0.2, 0) is 92.8 Å². The number of oxime groups is 1. The second-order valence-electron chi connectivity index (χ2n) is 39.8. The number of likely N-dealkylation sites (N-methyl/N-ethyl adjacent to an activating group) is 1. The first-order chi connectivity index (χ1) is 69.7. The van der Waals surface area contributed by atoms with Gasteiger partial charge < -0.3 is 109 Å². The highest BCUT2D eigenvalue weighted by molar-refractivity contribution is 6.39. The Balaban J connectivity index is 0.000000278. The highest BCUT2D eigenvalue weighted by Gasteiger charge is 2.53. The maximum absolute atomic E-state index is 14.7. The van der Waals surface area contributed by atoms with E-state index >= 15 is 0 Å². The van der Waals surface area contributed by atoms with E-state index in [4.69, 9.17) is 59.0 Å². The second-order valence-corrected chi connectivity index (χ2v) is 39.8. The number of nitrogens with zero attached hydrogens (tertiary/aromatic N) is 16. The number of methoxy groups -OCH3 is 3. The number of ketones is 2. The van der Waals surface area contributed by atoms with Crippen LogP contribution >= 0.6 is 0 Å². The molecular formula is C105H148N20O20. The quantitative estimate of drug-likeness (QED) is 0.00721. The Morgan fingerprint density at radius 2 is 1.44 bits per heavy atom. The van der Waals surface area contributed by atoms with E-state index < -0.39 is 96.6 Å². The van der Waals surface area contributed by atoms with Crippen LogP contribution in [0.3, 0.4) is 0 Å². The third kappa shape index (κ3) is 30.1. The molecule has 1 saturated carbocycles. The topological polar surface area (TPSA) is 503 Å². The number of oxazole rings is 1. The summed E-state index contributed by atoms with van der Waals surface area (Å²) in [5.74, 6) is -6.29. The molecule has 6 aliphatic heterocycles. The Hall–Kier alpha value is -11.5. The Labute approximate surface area is 847 Å². The Morgan fingerprint density at radius 3 is 2.17 bits per heavy atom. The number of hydrogen-bond donors (Lipinski definition) is 8. The number of aliphatic hydroxyl groups is 4. The van der Waals surface area contributed by atoms with Gasteiger partial charge in [0.2, 0.25) is 23.6 Å². The summed E-state index contributed by atoms with van der Waals surface area (Å²) in [6, 6.07) is 10.8. The number of carbonyl (C=O) groups is 7. The first kappa shape index (κ1) is 111. The fourth-order valence-corrected chi connectivity index (χ4v) is 20.0. The SMILES string of the molecule is CC(=O)CCOCCN1CCN(c2ncc(C(=O)N3CCc4cc(Cn5nc(-c6ccc7oc(N)nc7c6)c6c(N)ncnc65)ccc4C3)cn2)CC1.CO[C@H]1C[C@@H]2CC[C@@H](C)[C@@](O)(O2)C(=O)C(=O)N2CCCC[C@H]2C(=O)O[C@H]([C@H](C)C[C@@H]2CC[C@@H](O)[C@H](OC)C2)C[C@@H](O)[C@H](C)/C=C(\C)[C@@H](O)[C@@H](OC)C(=NOCC(=O)NCCOCCC(=O)NCc2cnc(N3CCN(C)CC3)nc2)[C@H](C)C[C@H](C)/C=C/C=C/C=C/1C. The largest absolute Gasteiger partial charge is 0.460 e. The first-order valence-electron chi connectivity index (χ1n) is 51.0. The van der Waals surface area contributed by atoms with Crippen LogP contribution < -0.4 is 31.9 Å². The predicted octanol–water partition coefficient (Wildman–Crippen LogP) is 8.11. The molecule has 0 unspecified atom stereocenters. The van der Waals surface area contributed by atoms with Crippen molar-refractivity contribution in [1.82, 2.24) is 74.9 Å². The zero-order valence-corrected chi connectivity index (χ0v) is 85.9. The number of hydrogen-bond acceptors (Lipinski definition) is 35. The molecule has 2 aromatic carbocycles. The number of aromatic nitrogens is 9. The number of ether oxygens (including phenoxy) is 7. The van der Waals surface area contributed by atoms with Gasteiger partial charge in [0.05, 0.1) is 80.2 Å². The molecule has 1 aliphatic carbocycles. The van der Waals surface area contributed by atoms with E-state index in [-0.39, 0.29) is 105 Å². The van der Waals surface area contributed by atoms with Crippen LogP contribution in [0.5, 0.6) is 0 Å². The van der Waals surface area contributed by atoms with Crippen LogP contribution in [0, 0.1) is 35.5 Å². The van der Waals surface area contributed by atoms with Gasteiger partial charge in [-0.2, -0.15) is 10.1 Å². The van der Waals surface area contributed by atoms with Crippen molar-refractivity contribution in [2.45, 2.75) is 232 Å². The number of benzene rings is 2. The molecule has 4 amide bonds. The highest BCUT2D eigenvalue weighted by Crippen LogP contribution is 2.40. The number of Topliss-reactive ketones (excluding diaryl/α,β-unsaturated/α-hetero) is 2. The minimum Gasteiger partial charge on any atom is -0.460 e. The van der Waals surface area contributed by atoms with E-state index in [0.29, 0.717) is 166 Å². The summed E-state index contributed by atoms with van der Waals surface area (Å²) in [7, 11) is 6.68. The van der Waals surface area contributed by atoms with Gasteiger partial charge in [-0.05, 0) is 162 Å². The minimum atomic E-state index is -2.45. The van der Waals surface area contributed by atoms with Crippen molar-refractivity contribution < 1.29 is 96.4 Å². The van der Waals surface area contributed by atoms with Gasteiger partial charge >= 0.3 is 5.97 Å². The van der Waals surface area contributed by atoms with Crippen molar-refractivity contribution in [2.75, 3.05) is 161 Å². The molecule has 5 fully saturated rings. The third-order valence-electron chi connectivity index (χ3n) is 28.9. The number of anilines is 4. The van der Waals surface area contributed by atoms with Gasteiger partial charge in [0.1, 0.15) is 53.5 Å². The summed E-state index contributed by atoms with van der Waals surface area (Å²) >= 11 is 0. The summed E-state index contributed by atoms with van der Waals surface area (Å²) in [4.78, 5) is 143. The number of nitrogens with one attached hydrogen (secondary N) is 2. The number of cyclic esters (lactones) is 1. The van der Waals surface area contributed by atoms with Gasteiger partial charge in [-0.15, -0.1) is 0 Å². The lowest BCUT2D eigenvalue weighted by molar-refractivity contribution is -0.265. The molecule has 0 radical (unpaired) electrons. The van der Waals surface area contributed by atoms with Gasteiger partial charge in [0, 0.05) is 192 Å². The molecule has 14 rings (SSSR count). The van der Waals surface area contributed by atoms with Crippen LogP contribution in [0.1, 0.15) is 178 Å². The third-order valence-corrected chi connectivity index (χ3v) is 28.9. The molecule has 16 atom stereocenters. The van der Waals surface area contributed by atoms with Gasteiger partial charge in [0.15, 0.2) is 17.8 Å². The molecule has 0 spiro atoms. The molecule has 145 heavy (non-hydrogen) atoms. The number of piperazine rings is 2. The standard InChI is InChI=1S/C68H108N8O16.C37H40N12O4/c1-43-17-13-12-14-18-44(2)56(86-9)37-52-22-20-49(7)68(85,92-52)64(82)65(83)76-26-16-15-19-53(76)66(84)91-57(46(4)35-50-21-23-54(77)58(36-50)87-10)38-55(78)45(3)34-48(6)62(81)63(88-11)61(47(5)33-43)73-90-42-60(80)69-25-32-89-31-24-59(79)70-39-51-40-71-67(72-41-51)75-29-27-74(8)28-30-75;1-23(50)7-14-52-15-13-46-9-11-47(12-10-46)37-40-18-28(19-41-37)35(51)48-8-6-25-16-24(2-3-27(25)21-48)20-49-34-31(33(38)42-22-43-34)32(45-49)26-4-5-30-29(17-26)44-36(39)53-30/h12-14,17-18,34,40-41,43,45-47,49-50,52-58,62-63,77-78,81,85H,15-16,19-33,35-39,42H2,1-11H3,(H,69,80)(H,70,79);2-5,16-19,22H,6-15,20-21H2,1H3,(H2,39,44)(H2,38,42,43)/b14-12+,17-13+,44-18+,48-34+,73-61?;/t43-,45-,46-,47-,49-,50+,52+,53+,54-,55-,56+,57+,58-,62-,63+,68-;/m1./s1. The summed E-state index contributed by atoms with van der Waals surface area (Å²) < 4.78 is 48.7. The number of esters is 1. The molecule has 40 heteroatoms. The van der Waals surface area contributed by atoms with E-state index in [1.807, 2.05) is 85.9 Å². The number of amides is 4. The van der Waals surface area contributed by atoms with E-state index in [0.717, 1.165) is 93.2 Å². The maximum atomic E-state index is 14.7. The van der Waals surface area contributed by atoms with E-state index in [2.05, 4.69) is 95.5 Å². The number of aliphatic hydroxyl groups excluding tert-OH is 3. The molecule has 10 N–H and O–H groups in total. The number of rotatable bonds is 29. The van der Waals surface area contributed by atoms with Crippen molar-refractivity contribution >= 4 is 92.7 Å². The molecule has 11 heterocycles. The molecule has 5 aromatic heterocycles. The smallest absolute Gasteiger partial charge is 0.329 e. The number of piperidine rings is 1. The number of fused-ring (bicyclic) bond motifs is 6. The summed E-state index contributed by atoms with van der Waals surface area (Å²) in [6.07, 6.45) is 19.8. The van der Waals surface area contributed by atoms with Crippen molar-refractivity contribution in [1.29, 1.82) is 0 Å². The fourth-order valence-electron chi connectivity index (χ4n) is 20.0. The molecule has 2 bridgehead atoms. The van der Waals surface area contributed by atoms with E-state index in [1.54, 1.807) is 72.8 Å². The van der Waals surface area contributed by atoms with Gasteiger partial charge in [0.25, 0.3) is 29.5 Å². The number of nitrogen functional groups attached to an aromatic ring is 2. The monoisotopic (exact) mass is 2010 g/mol. The number of nitrogens with two attached hydrogens (primary N) is 2. The Morgan fingerprint density at radius 1 is 0.710 bits per heavy atom. The average molecular weight is 2010 g/mol. The van der Waals surface area contributed by atoms with E-state index in [9.17, 15) is 54.0 Å². The zero-order valence-electron chi connectivity index (χ0n) is 85.9. The second kappa shape index (κ2) is 53.2. The zero-order chi connectivity index (χ0) is 104. The maximum Gasteiger partial charge on any atom is 0.329 e. The van der Waals surface area contributed by atoms with Crippen molar-refractivity contribution in [3.8, 4) is 11.3 Å². The van der Waals surface area contributed by atoms with Gasteiger partial charge in [-0.1, -0.05) is 94.4 Å². The van der Waals surface area contributed by atoms with Crippen LogP contribution in [0.15, 0.2) is 125 Å². The number of carbonyl (C=O) groups excluding carboxylic acids is 7. The summed E-state index contributed by atoms with van der Waals surface area (Å²) in [5, 5.41) is 62.7. The molecular weight excluding hydrogens is 1860 g/mol. The average Bonchev–Trinajstić information content (AvgIpc) is 1.58. The fraction of sp³-hybridized carbons (Fsp3) is 0.600. The lowest BCUT2D eigenvalue weighted by atomic mass is 9.78. The van der Waals surface area contributed by atoms with Gasteiger partial charge in [-0.3, -0.25) is 33.7 Å². The molecule has 40 nitrogen and oxygen atoms in total. The summed E-state index contributed by atoms with van der Waals surface area (Å²) in [6.45, 7) is 25.3. The van der Waals surface area contributed by atoms with Crippen molar-refractivity contribution in [2.24, 2.45) is 40.7 Å². The lowest BCUT2D eigenvalue weighted by Crippen LogP contribution is -2.61. The molecule has 7 aliphatic rings. The Kier molecular flexibility index (Phi) is 40.6. The first-order valence-corrected chi connectivity index (χ1v) is 51.0. The normalized spacial score (nSPS) is 27.2. The van der Waals surface area contributed by atoms with Crippen molar-refractivity contribution in [3.05, 3.63) is 143 Å². The molecule has 7 aromatic rings. The Bertz CT molecular complexity index is 5650. The van der Waals surface area contributed by atoms with Crippen LogP contribution in [0.25, 0.3) is 33.4 Å². The molecule has 4 saturated heterocycles. The van der Waals surface area contributed by atoms with Crippen LogP contribution in [0.2, 0.25) is 0 Å². The van der Waals surface area contributed by atoms with Crippen LogP contribution in [0.4, 0.5) is 23.7 Å². The summed E-state index contributed by atoms with van der Waals surface area (Å²) in [5.41, 5.74) is 21.6. The lowest BCUT2D eigenvalue weighted by Gasteiger charge is -2.43.